The van der Waals surface area contributed by atoms with E-state index in [0.717, 1.165) is 10.3 Å². The van der Waals surface area contributed by atoms with E-state index in [1.54, 1.807) is 6.07 Å². The number of carboxylic acids is 1. The van der Waals surface area contributed by atoms with Gasteiger partial charge in [-0.05, 0) is 18.2 Å². The highest BCUT2D eigenvalue weighted by Crippen LogP contribution is 2.33. The Bertz CT molecular complexity index is 810. The fourth-order valence-electron chi connectivity index (χ4n) is 2.18. The van der Waals surface area contributed by atoms with Gasteiger partial charge < -0.3 is 15.3 Å². The van der Waals surface area contributed by atoms with Gasteiger partial charge in [-0.25, -0.2) is 4.79 Å². The molecule has 106 valence electrons. The fourth-order valence-corrected chi connectivity index (χ4v) is 3.17. The summed E-state index contributed by atoms with van der Waals surface area (Å²) < 4.78 is 5.44. The standard InChI is InChI=1S/C16H13NO3S/c17-12-6-2-4-8-14(12)21-9-11-10-5-1-3-7-13(10)20-15(11)16(18)19/h1-8H,9,17H2,(H,18,19). The summed E-state index contributed by atoms with van der Waals surface area (Å²) >= 11 is 1.50. The van der Waals surface area contributed by atoms with Crippen molar-refractivity contribution in [2.75, 3.05) is 5.73 Å². The summed E-state index contributed by atoms with van der Waals surface area (Å²) in [4.78, 5) is 12.3. The van der Waals surface area contributed by atoms with Crippen molar-refractivity contribution in [1.29, 1.82) is 0 Å². The summed E-state index contributed by atoms with van der Waals surface area (Å²) in [6, 6.07) is 14.9. The van der Waals surface area contributed by atoms with E-state index in [2.05, 4.69) is 0 Å². The van der Waals surface area contributed by atoms with Gasteiger partial charge >= 0.3 is 5.97 Å². The lowest BCUT2D eigenvalue weighted by atomic mass is 10.1. The number of hydrogen-bond acceptors (Lipinski definition) is 4. The van der Waals surface area contributed by atoms with E-state index in [9.17, 15) is 9.90 Å². The minimum absolute atomic E-state index is 0.00166. The van der Waals surface area contributed by atoms with Crippen LogP contribution < -0.4 is 5.73 Å². The molecule has 21 heavy (non-hydrogen) atoms. The molecule has 2 aromatic carbocycles. The zero-order chi connectivity index (χ0) is 14.8. The number of carbonyl (C=O) groups is 1. The van der Waals surface area contributed by atoms with Crippen LogP contribution in [0.15, 0.2) is 57.8 Å². The number of hydrogen-bond donors (Lipinski definition) is 2. The van der Waals surface area contributed by atoms with Gasteiger partial charge in [-0.1, -0.05) is 30.3 Å². The zero-order valence-electron chi connectivity index (χ0n) is 11.1. The first kappa shape index (κ1) is 13.6. The molecule has 0 saturated carbocycles. The average Bonchev–Trinajstić information content (AvgIpc) is 2.85. The molecule has 1 aromatic heterocycles. The molecule has 0 radical (unpaired) electrons. The van der Waals surface area contributed by atoms with Crippen LogP contribution in [0.5, 0.6) is 0 Å². The van der Waals surface area contributed by atoms with E-state index in [0.29, 0.717) is 22.6 Å². The Hall–Kier alpha value is -2.40. The Kier molecular flexibility index (Phi) is 3.58. The topological polar surface area (TPSA) is 76.5 Å². The van der Waals surface area contributed by atoms with Crippen LogP contribution in [0.4, 0.5) is 5.69 Å². The van der Waals surface area contributed by atoms with Gasteiger partial charge in [-0.15, -0.1) is 11.8 Å². The molecule has 0 bridgehead atoms. The Morgan fingerprint density at radius 1 is 1.14 bits per heavy atom. The highest BCUT2D eigenvalue weighted by molar-refractivity contribution is 7.98. The van der Waals surface area contributed by atoms with Gasteiger partial charge in [0, 0.05) is 27.3 Å². The Morgan fingerprint density at radius 3 is 2.62 bits per heavy atom. The molecule has 0 aliphatic rings. The second-order valence-corrected chi connectivity index (χ2v) is 5.55. The summed E-state index contributed by atoms with van der Waals surface area (Å²) in [6.07, 6.45) is 0. The molecular weight excluding hydrogens is 286 g/mol. The summed E-state index contributed by atoms with van der Waals surface area (Å²) in [7, 11) is 0. The lowest BCUT2D eigenvalue weighted by molar-refractivity contribution is 0.0664. The molecular formula is C16H13NO3S. The largest absolute Gasteiger partial charge is 0.475 e. The molecule has 4 nitrogen and oxygen atoms in total. The van der Waals surface area contributed by atoms with E-state index in [-0.39, 0.29) is 5.76 Å². The molecule has 0 amide bonds. The Labute approximate surface area is 125 Å². The lowest BCUT2D eigenvalue weighted by Gasteiger charge is -2.04. The number of furan rings is 1. The van der Waals surface area contributed by atoms with Gasteiger partial charge in [-0.3, -0.25) is 0 Å². The quantitative estimate of drug-likeness (QED) is 0.562. The van der Waals surface area contributed by atoms with Crippen molar-refractivity contribution in [3.8, 4) is 0 Å². The van der Waals surface area contributed by atoms with Crippen LogP contribution in [0.1, 0.15) is 16.1 Å². The normalized spacial score (nSPS) is 10.9. The molecule has 0 saturated heterocycles. The van der Waals surface area contributed by atoms with Crippen LogP contribution in [0.3, 0.4) is 0 Å². The molecule has 1 heterocycles. The summed E-state index contributed by atoms with van der Waals surface area (Å²) in [5.41, 5.74) is 7.87. The monoisotopic (exact) mass is 299 g/mol. The van der Waals surface area contributed by atoms with Crippen LogP contribution in [-0.2, 0) is 5.75 Å². The molecule has 0 atom stereocenters. The second kappa shape index (κ2) is 5.54. The average molecular weight is 299 g/mol. The summed E-state index contributed by atoms with van der Waals surface area (Å²) in [5.74, 6) is -0.562. The van der Waals surface area contributed by atoms with Crippen molar-refractivity contribution >= 4 is 34.4 Å². The third-order valence-electron chi connectivity index (χ3n) is 3.18. The van der Waals surface area contributed by atoms with E-state index in [4.69, 9.17) is 10.2 Å². The van der Waals surface area contributed by atoms with Gasteiger partial charge in [0.15, 0.2) is 0 Å². The van der Waals surface area contributed by atoms with Crippen molar-refractivity contribution in [1.82, 2.24) is 0 Å². The summed E-state index contributed by atoms with van der Waals surface area (Å²) in [6.45, 7) is 0. The molecule has 0 aliphatic heterocycles. The van der Waals surface area contributed by atoms with Crippen LogP contribution in [-0.4, -0.2) is 11.1 Å². The number of nitrogen functional groups attached to an aromatic ring is 1. The number of aromatic carboxylic acids is 1. The first-order chi connectivity index (χ1) is 10.2. The van der Waals surface area contributed by atoms with Crippen molar-refractivity contribution in [3.05, 3.63) is 59.9 Å². The smallest absolute Gasteiger partial charge is 0.372 e. The van der Waals surface area contributed by atoms with Gasteiger partial charge in [-0.2, -0.15) is 0 Å². The van der Waals surface area contributed by atoms with Crippen molar-refractivity contribution in [2.45, 2.75) is 10.6 Å². The molecule has 0 fully saturated rings. The van der Waals surface area contributed by atoms with E-state index >= 15 is 0 Å². The van der Waals surface area contributed by atoms with Gasteiger partial charge in [0.25, 0.3) is 0 Å². The number of benzene rings is 2. The first-order valence-electron chi connectivity index (χ1n) is 6.38. The van der Waals surface area contributed by atoms with Crippen molar-refractivity contribution in [2.24, 2.45) is 0 Å². The molecule has 0 aliphatic carbocycles. The molecule has 3 aromatic rings. The number of rotatable bonds is 4. The van der Waals surface area contributed by atoms with Gasteiger partial charge in [0.05, 0.1) is 0 Å². The lowest BCUT2D eigenvalue weighted by Crippen LogP contribution is -1.98. The number of fused-ring (bicyclic) bond motifs is 1. The zero-order valence-corrected chi connectivity index (χ0v) is 11.9. The third kappa shape index (κ3) is 2.60. The predicted molar refractivity (Wildman–Crippen MR) is 83.6 cm³/mol. The summed E-state index contributed by atoms with van der Waals surface area (Å²) in [5, 5.41) is 10.1. The number of carboxylic acid groups (broad SMARTS) is 1. The van der Waals surface area contributed by atoms with Gasteiger partial charge in [0.1, 0.15) is 5.58 Å². The number of thioether (sulfide) groups is 1. The van der Waals surface area contributed by atoms with Gasteiger partial charge in [0.2, 0.25) is 5.76 Å². The van der Waals surface area contributed by atoms with E-state index in [1.165, 1.54) is 11.8 Å². The first-order valence-corrected chi connectivity index (χ1v) is 7.36. The number of anilines is 1. The van der Waals surface area contributed by atoms with Crippen LogP contribution in [0, 0.1) is 0 Å². The SMILES string of the molecule is Nc1ccccc1SCc1c(C(=O)O)oc2ccccc12. The minimum atomic E-state index is -1.05. The van der Waals surface area contributed by atoms with Crippen LogP contribution in [0.25, 0.3) is 11.0 Å². The molecule has 3 rings (SSSR count). The number of nitrogens with two attached hydrogens (primary N) is 1. The molecule has 5 heteroatoms. The van der Waals surface area contributed by atoms with Crippen LogP contribution in [0.2, 0.25) is 0 Å². The van der Waals surface area contributed by atoms with Crippen molar-refractivity contribution in [3.63, 3.8) is 0 Å². The highest BCUT2D eigenvalue weighted by atomic mass is 32.2. The van der Waals surface area contributed by atoms with E-state index < -0.39 is 5.97 Å². The minimum Gasteiger partial charge on any atom is -0.475 e. The maximum atomic E-state index is 11.3. The van der Waals surface area contributed by atoms with Crippen molar-refractivity contribution < 1.29 is 14.3 Å². The van der Waals surface area contributed by atoms with E-state index in [1.807, 2.05) is 42.5 Å². The Morgan fingerprint density at radius 2 is 1.86 bits per heavy atom. The highest BCUT2D eigenvalue weighted by Gasteiger charge is 2.19. The fraction of sp³-hybridized carbons (Fsp3) is 0.0625. The molecule has 3 N–H and O–H groups in total. The number of para-hydroxylation sites is 2. The Balaban J connectivity index is 1.98. The predicted octanol–water partition coefficient (Wildman–Crippen LogP) is 4.01. The third-order valence-corrected chi connectivity index (χ3v) is 4.30. The second-order valence-electron chi connectivity index (χ2n) is 4.54. The maximum Gasteiger partial charge on any atom is 0.372 e. The molecule has 0 spiro atoms. The maximum absolute atomic E-state index is 11.3. The van der Waals surface area contributed by atoms with Crippen LogP contribution >= 0.6 is 11.8 Å². The molecule has 0 unspecified atom stereocenters.